The summed E-state index contributed by atoms with van der Waals surface area (Å²) in [7, 11) is 0. The highest BCUT2D eigenvalue weighted by Gasteiger charge is 2.45. The lowest BCUT2D eigenvalue weighted by molar-refractivity contribution is -0.184. The first-order valence-corrected chi connectivity index (χ1v) is 7.57. The molecule has 118 valence electrons. The molecule has 2 atom stereocenters. The monoisotopic (exact) mass is 301 g/mol. The molecule has 0 radical (unpaired) electrons. The third kappa shape index (κ3) is 4.55. The van der Waals surface area contributed by atoms with E-state index in [2.05, 4.69) is 5.32 Å². The van der Waals surface area contributed by atoms with Crippen molar-refractivity contribution in [3.63, 3.8) is 0 Å². The second-order valence-corrected chi connectivity index (χ2v) is 5.56. The average molecular weight is 301 g/mol. The van der Waals surface area contributed by atoms with Crippen molar-refractivity contribution >= 4 is 5.69 Å². The predicted molar refractivity (Wildman–Crippen MR) is 77.7 cm³/mol. The average Bonchev–Trinajstić information content (AvgIpc) is 2.45. The van der Waals surface area contributed by atoms with Crippen molar-refractivity contribution in [2.45, 2.75) is 51.2 Å². The van der Waals surface area contributed by atoms with E-state index in [4.69, 9.17) is 4.74 Å². The zero-order valence-corrected chi connectivity index (χ0v) is 12.2. The van der Waals surface area contributed by atoms with Gasteiger partial charge in [0.2, 0.25) is 0 Å². The van der Waals surface area contributed by atoms with Crippen molar-refractivity contribution in [3.05, 3.63) is 24.3 Å². The van der Waals surface area contributed by atoms with E-state index >= 15 is 0 Å². The lowest BCUT2D eigenvalue weighted by Gasteiger charge is -2.34. The van der Waals surface area contributed by atoms with E-state index in [-0.39, 0.29) is 6.42 Å². The van der Waals surface area contributed by atoms with Crippen LogP contribution in [0.25, 0.3) is 0 Å². The fraction of sp³-hybridized carbons (Fsp3) is 0.625. The number of nitrogens with one attached hydrogen (secondary N) is 1. The normalized spacial score (nSPS) is 22.9. The van der Waals surface area contributed by atoms with E-state index < -0.39 is 18.1 Å². The van der Waals surface area contributed by atoms with Crippen LogP contribution in [0.15, 0.2) is 24.3 Å². The molecule has 5 heteroatoms. The Morgan fingerprint density at radius 1 is 1.24 bits per heavy atom. The molecule has 1 fully saturated rings. The molecule has 0 aliphatic heterocycles. The first-order valence-electron chi connectivity index (χ1n) is 7.57. The number of hydrogen-bond donors (Lipinski definition) is 1. The molecular weight excluding hydrogens is 279 g/mol. The summed E-state index contributed by atoms with van der Waals surface area (Å²) in [5.74, 6) is -0.562. The van der Waals surface area contributed by atoms with Gasteiger partial charge in [-0.1, -0.05) is 25.8 Å². The molecular formula is C16H22F3NO. The van der Waals surface area contributed by atoms with Crippen LogP contribution in [0.5, 0.6) is 5.75 Å². The fourth-order valence-electron chi connectivity index (χ4n) is 2.81. The SMILES string of the molecule is CCCOc1cccc(NC2CCCCC2C(F)(F)F)c1. The summed E-state index contributed by atoms with van der Waals surface area (Å²) in [5, 5.41) is 3.05. The molecule has 0 amide bonds. The zero-order chi connectivity index (χ0) is 15.3. The molecule has 1 aromatic rings. The fourth-order valence-corrected chi connectivity index (χ4v) is 2.81. The van der Waals surface area contributed by atoms with E-state index in [0.29, 0.717) is 30.9 Å². The molecule has 1 aliphatic carbocycles. The largest absolute Gasteiger partial charge is 0.494 e. The third-order valence-corrected chi connectivity index (χ3v) is 3.85. The second-order valence-electron chi connectivity index (χ2n) is 5.56. The molecule has 21 heavy (non-hydrogen) atoms. The van der Waals surface area contributed by atoms with Gasteiger partial charge in [0.15, 0.2) is 0 Å². The van der Waals surface area contributed by atoms with Crippen LogP contribution in [0.1, 0.15) is 39.0 Å². The van der Waals surface area contributed by atoms with Crippen LogP contribution < -0.4 is 10.1 Å². The summed E-state index contributed by atoms with van der Waals surface area (Å²) in [6.45, 7) is 2.62. The van der Waals surface area contributed by atoms with Gasteiger partial charge in [-0.05, 0) is 31.4 Å². The Bertz CT molecular complexity index is 447. The van der Waals surface area contributed by atoms with E-state index in [1.54, 1.807) is 18.2 Å². The van der Waals surface area contributed by atoms with Crippen molar-refractivity contribution in [2.24, 2.45) is 5.92 Å². The predicted octanol–water partition coefficient (Wildman–Crippen LogP) is 5.01. The van der Waals surface area contributed by atoms with Crippen LogP contribution >= 0.6 is 0 Å². The number of benzene rings is 1. The highest BCUT2D eigenvalue weighted by Crippen LogP contribution is 2.39. The van der Waals surface area contributed by atoms with Gasteiger partial charge in [0.05, 0.1) is 12.5 Å². The van der Waals surface area contributed by atoms with E-state index in [1.165, 1.54) is 0 Å². The van der Waals surface area contributed by atoms with Crippen molar-refractivity contribution < 1.29 is 17.9 Å². The van der Waals surface area contributed by atoms with Crippen LogP contribution in [0.4, 0.5) is 18.9 Å². The van der Waals surface area contributed by atoms with E-state index in [9.17, 15) is 13.2 Å². The van der Waals surface area contributed by atoms with Gasteiger partial charge < -0.3 is 10.1 Å². The minimum absolute atomic E-state index is 0.215. The number of halogens is 3. The highest BCUT2D eigenvalue weighted by molar-refractivity contribution is 5.49. The second kappa shape index (κ2) is 7.05. The number of hydrogen-bond acceptors (Lipinski definition) is 2. The molecule has 1 saturated carbocycles. The molecule has 0 bridgehead atoms. The molecule has 0 heterocycles. The van der Waals surface area contributed by atoms with E-state index in [0.717, 1.165) is 12.8 Å². The summed E-state index contributed by atoms with van der Waals surface area (Å²) >= 11 is 0. The number of rotatable bonds is 5. The number of anilines is 1. The topological polar surface area (TPSA) is 21.3 Å². The van der Waals surface area contributed by atoms with Gasteiger partial charge in [0.1, 0.15) is 5.75 Å². The Morgan fingerprint density at radius 3 is 2.71 bits per heavy atom. The molecule has 1 aromatic carbocycles. The lowest BCUT2D eigenvalue weighted by atomic mass is 9.84. The third-order valence-electron chi connectivity index (χ3n) is 3.85. The maximum atomic E-state index is 13.1. The molecule has 1 N–H and O–H groups in total. The standard InChI is InChI=1S/C16H22F3NO/c1-2-10-21-13-7-5-6-12(11-13)20-15-9-4-3-8-14(15)16(17,18)19/h5-7,11,14-15,20H,2-4,8-10H2,1H3. The number of ether oxygens (including phenoxy) is 1. The summed E-state index contributed by atoms with van der Waals surface area (Å²) < 4.78 is 44.7. The van der Waals surface area contributed by atoms with Gasteiger partial charge in [0, 0.05) is 17.8 Å². The Morgan fingerprint density at radius 2 is 2.00 bits per heavy atom. The Kier molecular flexibility index (Phi) is 5.37. The first kappa shape index (κ1) is 16.0. The minimum atomic E-state index is -4.13. The molecule has 0 aromatic heterocycles. The van der Waals surface area contributed by atoms with Gasteiger partial charge >= 0.3 is 6.18 Å². The smallest absolute Gasteiger partial charge is 0.393 e. The van der Waals surface area contributed by atoms with Crippen molar-refractivity contribution in [1.82, 2.24) is 0 Å². The Labute approximate surface area is 123 Å². The lowest BCUT2D eigenvalue weighted by Crippen LogP contribution is -2.41. The van der Waals surface area contributed by atoms with Gasteiger partial charge in [-0.2, -0.15) is 13.2 Å². The number of alkyl halides is 3. The molecule has 0 spiro atoms. The quantitative estimate of drug-likeness (QED) is 0.825. The maximum Gasteiger partial charge on any atom is 0.393 e. The van der Waals surface area contributed by atoms with Crippen molar-refractivity contribution in [3.8, 4) is 5.75 Å². The molecule has 2 nitrogen and oxygen atoms in total. The van der Waals surface area contributed by atoms with Crippen molar-refractivity contribution in [1.29, 1.82) is 0 Å². The highest BCUT2D eigenvalue weighted by atomic mass is 19.4. The summed E-state index contributed by atoms with van der Waals surface area (Å²) in [6.07, 6.45) is -0.958. The van der Waals surface area contributed by atoms with E-state index in [1.807, 2.05) is 13.0 Å². The summed E-state index contributed by atoms with van der Waals surface area (Å²) in [6, 6.07) is 6.65. The minimum Gasteiger partial charge on any atom is -0.494 e. The molecule has 2 rings (SSSR count). The Balaban J connectivity index is 2.05. The first-order chi connectivity index (χ1) is 10.0. The van der Waals surface area contributed by atoms with Crippen LogP contribution in [0.3, 0.4) is 0 Å². The van der Waals surface area contributed by atoms with Crippen LogP contribution in [0.2, 0.25) is 0 Å². The Hall–Kier alpha value is -1.39. The zero-order valence-electron chi connectivity index (χ0n) is 12.2. The van der Waals surface area contributed by atoms with Gasteiger partial charge in [-0.15, -0.1) is 0 Å². The maximum absolute atomic E-state index is 13.1. The van der Waals surface area contributed by atoms with Crippen LogP contribution in [-0.4, -0.2) is 18.8 Å². The van der Waals surface area contributed by atoms with Crippen LogP contribution in [0, 0.1) is 5.92 Å². The van der Waals surface area contributed by atoms with Gasteiger partial charge in [0.25, 0.3) is 0 Å². The molecule has 1 aliphatic rings. The summed E-state index contributed by atoms with van der Waals surface area (Å²) in [5.41, 5.74) is 0.699. The summed E-state index contributed by atoms with van der Waals surface area (Å²) in [4.78, 5) is 0. The van der Waals surface area contributed by atoms with Gasteiger partial charge in [-0.3, -0.25) is 0 Å². The molecule has 2 unspecified atom stereocenters. The van der Waals surface area contributed by atoms with Crippen molar-refractivity contribution in [2.75, 3.05) is 11.9 Å². The molecule has 0 saturated heterocycles. The van der Waals surface area contributed by atoms with Crippen LogP contribution in [-0.2, 0) is 0 Å². The van der Waals surface area contributed by atoms with Gasteiger partial charge in [-0.25, -0.2) is 0 Å².